The molecule has 0 amide bonds. The van der Waals surface area contributed by atoms with Crippen molar-refractivity contribution in [2.24, 2.45) is 0 Å². The molecule has 0 saturated carbocycles. The summed E-state index contributed by atoms with van der Waals surface area (Å²) in [6, 6.07) is 17.3. The van der Waals surface area contributed by atoms with Crippen molar-refractivity contribution in [2.75, 3.05) is 24.3 Å². The Kier molecular flexibility index (Phi) is 6.76. The first-order chi connectivity index (χ1) is 17.5. The molecule has 0 radical (unpaired) electrons. The minimum atomic E-state index is -0.557. The zero-order valence-electron chi connectivity index (χ0n) is 19.1. The molecule has 7 nitrogen and oxygen atoms in total. The molecule has 0 spiro atoms. The van der Waals surface area contributed by atoms with Gasteiger partial charge in [0.1, 0.15) is 24.5 Å². The Labute approximate surface area is 212 Å². The van der Waals surface area contributed by atoms with Gasteiger partial charge in [-0.15, -0.1) is 0 Å². The first kappa shape index (κ1) is 23.7. The van der Waals surface area contributed by atoms with E-state index >= 15 is 0 Å². The highest BCUT2D eigenvalue weighted by Gasteiger charge is 2.20. The van der Waals surface area contributed by atoms with Crippen molar-refractivity contribution < 1.29 is 18.6 Å². The molecular formula is C27H22ClFN4O3. The second-order valence-electron chi connectivity index (χ2n) is 8.32. The highest BCUT2D eigenvalue weighted by Crippen LogP contribution is 2.36. The first-order valence-electron chi connectivity index (χ1n) is 11.3. The summed E-state index contributed by atoms with van der Waals surface area (Å²) in [5.74, 6) is 0.0348. The summed E-state index contributed by atoms with van der Waals surface area (Å²) in [5, 5.41) is 14.0. The van der Waals surface area contributed by atoms with Crippen LogP contribution in [0.3, 0.4) is 0 Å². The SMILES string of the molecule is N#Cc1cnc2cc(OC3CCOC3)c(N)cc2c1Nc1ccc(OCc2ccccc2Cl)c(F)c1. The molecule has 9 heteroatoms. The van der Waals surface area contributed by atoms with Crippen LogP contribution < -0.4 is 20.5 Å². The highest BCUT2D eigenvalue weighted by molar-refractivity contribution is 6.31. The van der Waals surface area contributed by atoms with Crippen molar-refractivity contribution in [3.63, 3.8) is 0 Å². The van der Waals surface area contributed by atoms with Gasteiger partial charge >= 0.3 is 0 Å². The van der Waals surface area contributed by atoms with E-state index in [1.54, 1.807) is 24.3 Å². The second kappa shape index (κ2) is 10.3. The molecule has 0 aliphatic carbocycles. The van der Waals surface area contributed by atoms with Crippen molar-refractivity contribution in [1.29, 1.82) is 5.26 Å². The number of nitrogens with zero attached hydrogens (tertiary/aromatic N) is 2. The molecule has 1 aliphatic heterocycles. The number of hydrogen-bond acceptors (Lipinski definition) is 7. The number of nitrogens with one attached hydrogen (secondary N) is 1. The molecule has 4 aromatic rings. The summed E-state index contributed by atoms with van der Waals surface area (Å²) < 4.78 is 31.8. The predicted molar refractivity (Wildman–Crippen MR) is 136 cm³/mol. The van der Waals surface area contributed by atoms with Crippen LogP contribution in [-0.4, -0.2) is 24.3 Å². The lowest BCUT2D eigenvalue weighted by atomic mass is 10.1. The number of aromatic nitrogens is 1. The quantitative estimate of drug-likeness (QED) is 0.299. The lowest BCUT2D eigenvalue weighted by Gasteiger charge is -2.17. The van der Waals surface area contributed by atoms with E-state index in [0.29, 0.717) is 57.5 Å². The van der Waals surface area contributed by atoms with Gasteiger partial charge in [0.15, 0.2) is 11.6 Å². The van der Waals surface area contributed by atoms with Crippen LogP contribution in [0.2, 0.25) is 5.02 Å². The van der Waals surface area contributed by atoms with E-state index in [1.807, 2.05) is 18.2 Å². The van der Waals surface area contributed by atoms with Crippen LogP contribution in [0.15, 0.2) is 60.8 Å². The van der Waals surface area contributed by atoms with Gasteiger partial charge in [-0.2, -0.15) is 5.26 Å². The van der Waals surface area contributed by atoms with Crippen LogP contribution in [0.25, 0.3) is 10.9 Å². The molecule has 1 atom stereocenters. The summed E-state index contributed by atoms with van der Waals surface area (Å²) in [6.07, 6.45) is 2.18. The molecule has 1 aromatic heterocycles. The normalized spacial score (nSPS) is 15.0. The van der Waals surface area contributed by atoms with Gasteiger partial charge in [-0.05, 0) is 24.3 Å². The number of ether oxygens (including phenoxy) is 3. The summed E-state index contributed by atoms with van der Waals surface area (Å²) in [7, 11) is 0. The maximum atomic E-state index is 14.8. The Morgan fingerprint density at radius 3 is 2.81 bits per heavy atom. The van der Waals surface area contributed by atoms with Gasteiger partial charge in [0.25, 0.3) is 0 Å². The van der Waals surface area contributed by atoms with Gasteiger partial charge in [0, 0.05) is 46.4 Å². The fourth-order valence-electron chi connectivity index (χ4n) is 3.95. The molecule has 1 fully saturated rings. The Morgan fingerprint density at radius 1 is 1.19 bits per heavy atom. The number of halogens is 2. The van der Waals surface area contributed by atoms with Crippen molar-refractivity contribution in [3.8, 4) is 17.6 Å². The average Bonchev–Trinajstić information content (AvgIpc) is 3.39. The Morgan fingerprint density at radius 2 is 2.06 bits per heavy atom. The Balaban J connectivity index is 1.40. The zero-order valence-corrected chi connectivity index (χ0v) is 19.9. The van der Waals surface area contributed by atoms with E-state index in [4.69, 9.17) is 31.5 Å². The first-order valence-corrected chi connectivity index (χ1v) is 11.7. The molecule has 1 aliphatic rings. The molecular weight excluding hydrogens is 483 g/mol. The standard InChI is InChI=1S/C27H22ClFN4O3/c28-21-4-2-1-3-16(21)14-35-25-6-5-18(9-22(25)29)33-27-17(12-30)13-32-24-11-26(23(31)10-20(24)27)36-19-7-8-34-15-19/h1-6,9-11,13,19H,7-8,14-15,31H2,(H,32,33). The fourth-order valence-corrected chi connectivity index (χ4v) is 4.14. The molecule has 3 aromatic carbocycles. The van der Waals surface area contributed by atoms with Crippen molar-refractivity contribution in [1.82, 2.24) is 4.98 Å². The van der Waals surface area contributed by atoms with Crippen LogP contribution in [0.1, 0.15) is 17.5 Å². The zero-order chi connectivity index (χ0) is 25.1. The topological polar surface area (TPSA) is 102 Å². The molecule has 5 rings (SSSR count). The van der Waals surface area contributed by atoms with Gasteiger partial charge in [-0.3, -0.25) is 4.98 Å². The van der Waals surface area contributed by atoms with Crippen molar-refractivity contribution >= 4 is 39.6 Å². The minimum Gasteiger partial charge on any atom is -0.486 e. The number of nitrogens with two attached hydrogens (primary N) is 1. The maximum absolute atomic E-state index is 14.8. The minimum absolute atomic E-state index is 0.0673. The van der Waals surface area contributed by atoms with Crippen LogP contribution in [0, 0.1) is 17.1 Å². The Bertz CT molecular complexity index is 1470. The second-order valence-corrected chi connectivity index (χ2v) is 8.73. The fraction of sp³-hybridized carbons (Fsp3) is 0.185. The molecule has 0 bridgehead atoms. The third-order valence-corrected chi connectivity index (χ3v) is 6.21. The van der Waals surface area contributed by atoms with E-state index in [2.05, 4.69) is 16.4 Å². The lowest BCUT2D eigenvalue weighted by Crippen LogP contribution is -2.16. The van der Waals surface area contributed by atoms with Crippen LogP contribution >= 0.6 is 11.6 Å². The number of hydrogen-bond donors (Lipinski definition) is 2. The third kappa shape index (κ3) is 4.98. The summed E-state index contributed by atoms with van der Waals surface area (Å²) >= 11 is 6.15. The summed E-state index contributed by atoms with van der Waals surface area (Å²) in [6.45, 7) is 1.29. The number of nitriles is 1. The van der Waals surface area contributed by atoms with Gasteiger partial charge in [-0.1, -0.05) is 29.8 Å². The molecule has 36 heavy (non-hydrogen) atoms. The number of nitrogen functional groups attached to an aromatic ring is 1. The van der Waals surface area contributed by atoms with E-state index in [1.165, 1.54) is 18.3 Å². The number of benzene rings is 3. The molecule has 182 valence electrons. The lowest BCUT2D eigenvalue weighted by molar-refractivity contribution is 0.142. The van der Waals surface area contributed by atoms with Crippen LogP contribution in [0.4, 0.5) is 21.5 Å². The average molecular weight is 505 g/mol. The van der Waals surface area contributed by atoms with E-state index < -0.39 is 5.82 Å². The van der Waals surface area contributed by atoms with E-state index in [-0.39, 0.29) is 18.5 Å². The predicted octanol–water partition coefficient (Wildman–Crippen LogP) is 5.97. The van der Waals surface area contributed by atoms with Gasteiger partial charge in [0.2, 0.25) is 0 Å². The molecule has 3 N–H and O–H groups in total. The van der Waals surface area contributed by atoms with Crippen LogP contribution in [0.5, 0.6) is 11.5 Å². The molecule has 1 unspecified atom stereocenters. The number of rotatable bonds is 7. The van der Waals surface area contributed by atoms with Crippen molar-refractivity contribution in [3.05, 3.63) is 82.8 Å². The largest absolute Gasteiger partial charge is 0.486 e. The Hall–Kier alpha value is -4.06. The van der Waals surface area contributed by atoms with E-state index in [0.717, 1.165) is 12.0 Å². The van der Waals surface area contributed by atoms with Crippen molar-refractivity contribution in [2.45, 2.75) is 19.1 Å². The molecule has 1 saturated heterocycles. The van der Waals surface area contributed by atoms with Gasteiger partial charge < -0.3 is 25.3 Å². The van der Waals surface area contributed by atoms with Gasteiger partial charge in [-0.25, -0.2) is 4.39 Å². The number of fused-ring (bicyclic) bond motifs is 1. The highest BCUT2D eigenvalue weighted by atomic mass is 35.5. The smallest absolute Gasteiger partial charge is 0.167 e. The van der Waals surface area contributed by atoms with Gasteiger partial charge in [0.05, 0.1) is 35.7 Å². The number of pyridine rings is 1. The third-order valence-electron chi connectivity index (χ3n) is 5.84. The monoisotopic (exact) mass is 504 g/mol. The van der Waals surface area contributed by atoms with Crippen LogP contribution in [-0.2, 0) is 11.3 Å². The number of anilines is 3. The maximum Gasteiger partial charge on any atom is 0.167 e. The summed E-state index contributed by atoms with van der Waals surface area (Å²) in [4.78, 5) is 4.39. The summed E-state index contributed by atoms with van der Waals surface area (Å²) in [5.41, 5.74) is 9.20. The van der Waals surface area contributed by atoms with E-state index in [9.17, 15) is 9.65 Å². The molecule has 2 heterocycles.